The predicted molar refractivity (Wildman–Crippen MR) is 208 cm³/mol. The fourth-order valence-electron chi connectivity index (χ4n) is 6.93. The van der Waals surface area contributed by atoms with Gasteiger partial charge in [0, 0.05) is 36.9 Å². The van der Waals surface area contributed by atoms with Crippen LogP contribution in [0.4, 0.5) is 17.1 Å². The summed E-state index contributed by atoms with van der Waals surface area (Å²) in [4.78, 5) is 2.44. The second kappa shape index (κ2) is 12.0. The van der Waals surface area contributed by atoms with Gasteiger partial charge in [0.1, 0.15) is 0 Å². The van der Waals surface area contributed by atoms with Crippen LogP contribution in [0.2, 0.25) is 0 Å². The van der Waals surface area contributed by atoms with Crippen LogP contribution in [0.3, 0.4) is 0 Å². The predicted octanol–water partition coefficient (Wildman–Crippen LogP) is 13.7. The van der Waals surface area contributed by atoms with Gasteiger partial charge in [-0.3, -0.25) is 0 Å². The van der Waals surface area contributed by atoms with Crippen molar-refractivity contribution >= 4 is 59.3 Å². The highest BCUT2D eigenvalue weighted by molar-refractivity contribution is 7.25. The first-order valence-electron chi connectivity index (χ1n) is 16.3. The first kappa shape index (κ1) is 28.3. The first-order chi connectivity index (χ1) is 23.8. The summed E-state index contributed by atoms with van der Waals surface area (Å²) in [6.07, 6.45) is 0. The summed E-state index contributed by atoms with van der Waals surface area (Å²) in [6, 6.07) is 68.2. The third kappa shape index (κ3) is 5.04. The molecule has 2 heteroatoms. The van der Waals surface area contributed by atoms with Crippen molar-refractivity contribution in [1.29, 1.82) is 0 Å². The minimum atomic E-state index is 1.12. The molecular formula is C46H31NS. The summed E-state index contributed by atoms with van der Waals surface area (Å²) in [7, 11) is 0. The third-order valence-electron chi connectivity index (χ3n) is 9.28. The standard InChI is InChI=1S/C46H31NS/c1-3-11-32(12-4-1)34-21-23-36(24-22-34)40-18-9-15-37-16-10-19-43(46(37)40)47(38-27-25-35(26-28-38)33-13-5-2-6-14-33)39-29-30-45-42(31-39)41-17-7-8-20-44(41)48-45/h1-31H. The summed E-state index contributed by atoms with van der Waals surface area (Å²) in [5.41, 5.74) is 10.7. The third-order valence-corrected chi connectivity index (χ3v) is 10.4. The van der Waals surface area contributed by atoms with Gasteiger partial charge in [0.15, 0.2) is 0 Å². The zero-order valence-electron chi connectivity index (χ0n) is 26.3. The molecule has 48 heavy (non-hydrogen) atoms. The van der Waals surface area contributed by atoms with Gasteiger partial charge in [-0.25, -0.2) is 0 Å². The van der Waals surface area contributed by atoms with Gasteiger partial charge < -0.3 is 4.90 Å². The molecule has 226 valence electrons. The molecule has 0 amide bonds. The van der Waals surface area contributed by atoms with Gasteiger partial charge >= 0.3 is 0 Å². The van der Waals surface area contributed by atoms with Crippen LogP contribution < -0.4 is 4.90 Å². The van der Waals surface area contributed by atoms with E-state index in [4.69, 9.17) is 0 Å². The molecule has 0 saturated carbocycles. The second-order valence-corrected chi connectivity index (χ2v) is 13.2. The molecule has 8 aromatic carbocycles. The van der Waals surface area contributed by atoms with Crippen LogP contribution in [-0.4, -0.2) is 0 Å². The van der Waals surface area contributed by atoms with E-state index in [9.17, 15) is 0 Å². The van der Waals surface area contributed by atoms with Crippen molar-refractivity contribution < 1.29 is 0 Å². The zero-order valence-corrected chi connectivity index (χ0v) is 27.1. The Labute approximate surface area is 284 Å². The zero-order chi connectivity index (χ0) is 31.9. The van der Waals surface area contributed by atoms with Crippen LogP contribution in [0.25, 0.3) is 64.3 Å². The Balaban J connectivity index is 1.24. The maximum absolute atomic E-state index is 2.44. The molecule has 1 nitrogen and oxygen atoms in total. The SMILES string of the molecule is c1ccc(-c2ccc(-c3cccc4cccc(N(c5ccc(-c6ccccc6)cc5)c5ccc6sc7ccccc7c6c5)c34)cc2)cc1. The summed E-state index contributed by atoms with van der Waals surface area (Å²) < 4.78 is 2.62. The van der Waals surface area contributed by atoms with E-state index < -0.39 is 0 Å². The molecule has 0 spiro atoms. The number of thiophene rings is 1. The van der Waals surface area contributed by atoms with E-state index in [0.29, 0.717) is 0 Å². The number of hydrogen-bond acceptors (Lipinski definition) is 2. The lowest BCUT2D eigenvalue weighted by Gasteiger charge is -2.28. The lowest BCUT2D eigenvalue weighted by atomic mass is 9.94. The number of fused-ring (bicyclic) bond motifs is 4. The fraction of sp³-hybridized carbons (Fsp3) is 0. The molecule has 9 rings (SSSR count). The quantitative estimate of drug-likeness (QED) is 0.177. The molecule has 9 aromatic rings. The Morgan fingerprint density at radius 1 is 0.354 bits per heavy atom. The van der Waals surface area contributed by atoms with Gasteiger partial charge in [0.25, 0.3) is 0 Å². The fourth-order valence-corrected chi connectivity index (χ4v) is 8.02. The molecule has 0 bridgehead atoms. The Morgan fingerprint density at radius 3 is 1.60 bits per heavy atom. The van der Waals surface area contributed by atoms with Crippen LogP contribution in [0.5, 0.6) is 0 Å². The maximum Gasteiger partial charge on any atom is 0.0546 e. The molecule has 0 atom stereocenters. The monoisotopic (exact) mass is 629 g/mol. The number of hydrogen-bond donors (Lipinski definition) is 0. The van der Waals surface area contributed by atoms with Crippen LogP contribution in [0, 0.1) is 0 Å². The first-order valence-corrected chi connectivity index (χ1v) is 17.2. The van der Waals surface area contributed by atoms with Gasteiger partial charge in [-0.05, 0) is 81.2 Å². The lowest BCUT2D eigenvalue weighted by Crippen LogP contribution is -2.10. The molecule has 0 fully saturated rings. The molecule has 0 aliphatic carbocycles. The van der Waals surface area contributed by atoms with E-state index in [2.05, 4.69) is 193 Å². The number of rotatable bonds is 6. The van der Waals surface area contributed by atoms with Crippen LogP contribution in [0.15, 0.2) is 188 Å². The van der Waals surface area contributed by atoms with Crippen molar-refractivity contribution in [2.24, 2.45) is 0 Å². The highest BCUT2D eigenvalue weighted by Gasteiger charge is 2.19. The van der Waals surface area contributed by atoms with E-state index in [-0.39, 0.29) is 0 Å². The summed E-state index contributed by atoms with van der Waals surface area (Å²) in [6.45, 7) is 0. The number of nitrogens with zero attached hydrogens (tertiary/aromatic N) is 1. The van der Waals surface area contributed by atoms with Crippen molar-refractivity contribution in [3.05, 3.63) is 188 Å². The average Bonchev–Trinajstić information content (AvgIpc) is 3.54. The van der Waals surface area contributed by atoms with Crippen molar-refractivity contribution in [3.63, 3.8) is 0 Å². The van der Waals surface area contributed by atoms with Crippen LogP contribution in [-0.2, 0) is 0 Å². The minimum Gasteiger partial charge on any atom is -0.310 e. The van der Waals surface area contributed by atoms with Gasteiger partial charge in [-0.1, -0.05) is 146 Å². The Morgan fingerprint density at radius 2 is 0.896 bits per heavy atom. The molecular weight excluding hydrogens is 599 g/mol. The van der Waals surface area contributed by atoms with Gasteiger partial charge in [0.2, 0.25) is 0 Å². The highest BCUT2D eigenvalue weighted by Crippen LogP contribution is 2.45. The number of anilines is 3. The largest absolute Gasteiger partial charge is 0.310 e. The highest BCUT2D eigenvalue weighted by atomic mass is 32.1. The van der Waals surface area contributed by atoms with Crippen molar-refractivity contribution in [2.75, 3.05) is 4.90 Å². The Hall–Kier alpha value is -5.96. The molecule has 1 heterocycles. The van der Waals surface area contributed by atoms with E-state index >= 15 is 0 Å². The van der Waals surface area contributed by atoms with Crippen molar-refractivity contribution in [2.45, 2.75) is 0 Å². The summed E-state index contributed by atoms with van der Waals surface area (Å²) in [5.74, 6) is 0. The molecule has 0 unspecified atom stereocenters. The van der Waals surface area contributed by atoms with Crippen molar-refractivity contribution in [3.8, 4) is 33.4 Å². The van der Waals surface area contributed by atoms with Crippen molar-refractivity contribution in [1.82, 2.24) is 0 Å². The molecule has 0 N–H and O–H groups in total. The van der Waals surface area contributed by atoms with Crippen LogP contribution in [0.1, 0.15) is 0 Å². The minimum absolute atomic E-state index is 1.12. The molecule has 0 aliphatic heterocycles. The average molecular weight is 630 g/mol. The van der Waals surface area contributed by atoms with E-state index in [1.165, 1.54) is 64.3 Å². The lowest BCUT2D eigenvalue weighted by molar-refractivity contribution is 1.30. The van der Waals surface area contributed by atoms with E-state index in [0.717, 1.165) is 17.1 Å². The van der Waals surface area contributed by atoms with Gasteiger partial charge in [-0.2, -0.15) is 0 Å². The number of benzene rings is 8. The van der Waals surface area contributed by atoms with E-state index in [1.807, 2.05) is 11.3 Å². The Kier molecular flexibility index (Phi) is 7.07. The smallest absolute Gasteiger partial charge is 0.0546 e. The maximum atomic E-state index is 2.44. The molecule has 1 aromatic heterocycles. The molecule has 0 aliphatic rings. The molecule has 0 saturated heterocycles. The van der Waals surface area contributed by atoms with Crippen LogP contribution >= 0.6 is 11.3 Å². The van der Waals surface area contributed by atoms with Gasteiger partial charge in [-0.15, -0.1) is 11.3 Å². The second-order valence-electron chi connectivity index (χ2n) is 12.2. The molecule has 0 radical (unpaired) electrons. The topological polar surface area (TPSA) is 3.24 Å². The summed E-state index contributed by atoms with van der Waals surface area (Å²) >= 11 is 1.86. The summed E-state index contributed by atoms with van der Waals surface area (Å²) in [5, 5.41) is 5.03. The van der Waals surface area contributed by atoms with Gasteiger partial charge in [0.05, 0.1) is 5.69 Å². The van der Waals surface area contributed by atoms with E-state index in [1.54, 1.807) is 0 Å². The normalized spacial score (nSPS) is 11.3. The Bertz CT molecular complexity index is 2530.